The summed E-state index contributed by atoms with van der Waals surface area (Å²) < 4.78 is 5.64. The second-order valence-electron chi connectivity index (χ2n) is 4.24. The first kappa shape index (κ1) is 12.1. The number of aromatic nitrogens is 2. The van der Waals surface area contributed by atoms with Gasteiger partial charge in [0.15, 0.2) is 11.6 Å². The molecule has 0 radical (unpaired) electrons. The number of rotatable bonds is 3. The second-order valence-corrected chi connectivity index (χ2v) is 4.24. The molecule has 1 N–H and O–H groups in total. The molecule has 94 valence electrons. The van der Waals surface area contributed by atoms with Crippen LogP contribution in [-0.4, -0.2) is 42.3 Å². The van der Waals surface area contributed by atoms with Crippen LogP contribution in [0.1, 0.15) is 20.3 Å². The smallest absolute Gasteiger partial charge is 0.171 e. The molecule has 5 heteroatoms. The quantitative estimate of drug-likeness (QED) is 0.862. The summed E-state index contributed by atoms with van der Waals surface area (Å²) in [4.78, 5) is 11.0. The third kappa shape index (κ3) is 3.06. The zero-order chi connectivity index (χ0) is 12.1. The van der Waals surface area contributed by atoms with Crippen molar-refractivity contribution in [3.05, 3.63) is 12.4 Å². The van der Waals surface area contributed by atoms with E-state index in [-0.39, 0.29) is 6.10 Å². The molecule has 0 amide bonds. The van der Waals surface area contributed by atoms with Crippen LogP contribution >= 0.6 is 0 Å². The van der Waals surface area contributed by atoms with E-state index in [1.54, 1.807) is 12.4 Å². The summed E-state index contributed by atoms with van der Waals surface area (Å²) in [6, 6.07) is 0. The fourth-order valence-electron chi connectivity index (χ4n) is 2.04. The Bertz CT molecular complexity index is 358. The van der Waals surface area contributed by atoms with E-state index in [1.165, 1.54) is 0 Å². The number of hydrogen-bond donors (Lipinski definition) is 1. The van der Waals surface area contributed by atoms with Crippen LogP contribution in [0.15, 0.2) is 12.4 Å². The summed E-state index contributed by atoms with van der Waals surface area (Å²) in [5.41, 5.74) is 0. The van der Waals surface area contributed by atoms with E-state index in [1.807, 2.05) is 0 Å². The van der Waals surface area contributed by atoms with Gasteiger partial charge in [0.05, 0.1) is 6.10 Å². The molecule has 2 rings (SSSR count). The summed E-state index contributed by atoms with van der Waals surface area (Å²) in [5, 5.41) is 3.25. The van der Waals surface area contributed by atoms with Crippen molar-refractivity contribution in [3.63, 3.8) is 0 Å². The fraction of sp³-hybridized carbons (Fsp3) is 0.667. The van der Waals surface area contributed by atoms with Crippen LogP contribution in [0.2, 0.25) is 0 Å². The van der Waals surface area contributed by atoms with E-state index >= 15 is 0 Å². The first-order valence-corrected chi connectivity index (χ1v) is 6.22. The van der Waals surface area contributed by atoms with Gasteiger partial charge in [0.1, 0.15) is 0 Å². The molecule has 1 saturated heterocycles. The molecule has 1 unspecified atom stereocenters. The Morgan fingerprint density at radius 3 is 3.12 bits per heavy atom. The molecule has 1 aromatic heterocycles. The zero-order valence-electron chi connectivity index (χ0n) is 10.5. The normalized spacial score (nSPS) is 21.1. The van der Waals surface area contributed by atoms with E-state index in [4.69, 9.17) is 4.74 Å². The van der Waals surface area contributed by atoms with Crippen LogP contribution in [0.5, 0.6) is 0 Å². The maximum absolute atomic E-state index is 5.64. The van der Waals surface area contributed by atoms with Gasteiger partial charge in [-0.3, -0.25) is 0 Å². The highest BCUT2D eigenvalue weighted by molar-refractivity contribution is 5.60. The summed E-state index contributed by atoms with van der Waals surface area (Å²) in [5.74, 6) is 1.80. The summed E-state index contributed by atoms with van der Waals surface area (Å²) in [7, 11) is 0. The van der Waals surface area contributed by atoms with E-state index in [2.05, 4.69) is 34.0 Å². The van der Waals surface area contributed by atoms with Gasteiger partial charge in [-0.25, -0.2) is 9.97 Å². The highest BCUT2D eigenvalue weighted by Gasteiger charge is 2.19. The Morgan fingerprint density at radius 2 is 2.29 bits per heavy atom. The number of hydrogen-bond acceptors (Lipinski definition) is 5. The van der Waals surface area contributed by atoms with E-state index in [0.717, 1.165) is 44.3 Å². The molecule has 0 spiro atoms. The minimum absolute atomic E-state index is 0.244. The first-order chi connectivity index (χ1) is 8.31. The maximum Gasteiger partial charge on any atom is 0.171 e. The molecule has 0 aromatic carbocycles. The first-order valence-electron chi connectivity index (χ1n) is 6.22. The lowest BCUT2D eigenvalue weighted by atomic mass is 10.3. The molecule has 1 aliphatic heterocycles. The average molecular weight is 236 g/mol. The highest BCUT2D eigenvalue weighted by Crippen LogP contribution is 2.22. The average Bonchev–Trinajstić information content (AvgIpc) is 2.55. The van der Waals surface area contributed by atoms with Crippen molar-refractivity contribution < 1.29 is 4.74 Å². The van der Waals surface area contributed by atoms with Crippen molar-refractivity contribution in [1.82, 2.24) is 9.97 Å². The Balaban J connectivity index is 2.19. The van der Waals surface area contributed by atoms with Crippen LogP contribution in [0.4, 0.5) is 11.6 Å². The summed E-state index contributed by atoms with van der Waals surface area (Å²) in [6.45, 7) is 7.69. The van der Waals surface area contributed by atoms with E-state index < -0.39 is 0 Å². The SMILES string of the molecule is CCNc1nccnc1N1CCCOC(C)C1. The van der Waals surface area contributed by atoms with Gasteiger partial charge >= 0.3 is 0 Å². The molecule has 17 heavy (non-hydrogen) atoms. The van der Waals surface area contributed by atoms with E-state index in [9.17, 15) is 0 Å². The van der Waals surface area contributed by atoms with E-state index in [0.29, 0.717) is 0 Å². The Morgan fingerprint density at radius 1 is 1.47 bits per heavy atom. The van der Waals surface area contributed by atoms with Crippen molar-refractivity contribution in [3.8, 4) is 0 Å². The molecular formula is C12H20N4O. The van der Waals surface area contributed by atoms with Gasteiger partial charge in [-0.15, -0.1) is 0 Å². The van der Waals surface area contributed by atoms with Crippen LogP contribution < -0.4 is 10.2 Å². The Hall–Kier alpha value is -1.36. The van der Waals surface area contributed by atoms with Gasteiger partial charge in [-0.05, 0) is 20.3 Å². The Kier molecular flexibility index (Phi) is 4.14. The molecule has 0 saturated carbocycles. The van der Waals surface area contributed by atoms with Gasteiger partial charge in [0.25, 0.3) is 0 Å². The number of nitrogens with zero attached hydrogens (tertiary/aromatic N) is 3. The molecule has 2 heterocycles. The summed E-state index contributed by atoms with van der Waals surface area (Å²) >= 11 is 0. The molecule has 0 bridgehead atoms. The van der Waals surface area contributed by atoms with Gasteiger partial charge in [0, 0.05) is 38.6 Å². The number of anilines is 2. The third-order valence-corrected chi connectivity index (χ3v) is 2.77. The molecule has 1 fully saturated rings. The lowest BCUT2D eigenvalue weighted by Gasteiger charge is -2.24. The number of ether oxygens (including phenoxy) is 1. The van der Waals surface area contributed by atoms with Gasteiger partial charge < -0.3 is 15.0 Å². The predicted molar refractivity (Wildman–Crippen MR) is 68.4 cm³/mol. The third-order valence-electron chi connectivity index (χ3n) is 2.77. The molecule has 1 aromatic rings. The van der Waals surface area contributed by atoms with Crippen LogP contribution in [0.25, 0.3) is 0 Å². The second kappa shape index (κ2) is 5.82. The van der Waals surface area contributed by atoms with Gasteiger partial charge in [0.2, 0.25) is 0 Å². The largest absolute Gasteiger partial charge is 0.377 e. The highest BCUT2D eigenvalue weighted by atomic mass is 16.5. The maximum atomic E-state index is 5.64. The monoisotopic (exact) mass is 236 g/mol. The lowest BCUT2D eigenvalue weighted by Crippen LogP contribution is -2.31. The topological polar surface area (TPSA) is 50.3 Å². The van der Waals surface area contributed by atoms with Crippen molar-refractivity contribution in [1.29, 1.82) is 0 Å². The van der Waals surface area contributed by atoms with Gasteiger partial charge in [-0.1, -0.05) is 0 Å². The standard InChI is InChI=1S/C12H20N4O/c1-3-13-11-12(15-6-5-14-11)16-7-4-8-17-10(2)9-16/h5-6,10H,3-4,7-9H2,1-2H3,(H,13,14). The lowest BCUT2D eigenvalue weighted by molar-refractivity contribution is 0.0820. The minimum Gasteiger partial charge on any atom is -0.377 e. The van der Waals surface area contributed by atoms with Crippen molar-refractivity contribution in [2.45, 2.75) is 26.4 Å². The molecule has 5 nitrogen and oxygen atoms in total. The Labute approximate surface area is 102 Å². The van der Waals surface area contributed by atoms with Crippen LogP contribution in [0, 0.1) is 0 Å². The minimum atomic E-state index is 0.244. The molecule has 1 aliphatic rings. The molecule has 0 aliphatic carbocycles. The molecule has 1 atom stereocenters. The van der Waals surface area contributed by atoms with Crippen molar-refractivity contribution in [2.75, 3.05) is 36.5 Å². The van der Waals surface area contributed by atoms with Crippen LogP contribution in [-0.2, 0) is 4.74 Å². The predicted octanol–water partition coefficient (Wildman–Crippen LogP) is 1.52. The zero-order valence-corrected chi connectivity index (χ0v) is 10.5. The summed E-state index contributed by atoms with van der Waals surface area (Å²) in [6.07, 6.45) is 4.74. The van der Waals surface area contributed by atoms with Crippen molar-refractivity contribution in [2.24, 2.45) is 0 Å². The fourth-order valence-corrected chi connectivity index (χ4v) is 2.04. The molecular weight excluding hydrogens is 216 g/mol. The number of nitrogens with one attached hydrogen (secondary N) is 1. The van der Waals surface area contributed by atoms with Crippen LogP contribution in [0.3, 0.4) is 0 Å². The van der Waals surface area contributed by atoms with Crippen molar-refractivity contribution >= 4 is 11.6 Å². The van der Waals surface area contributed by atoms with Gasteiger partial charge in [-0.2, -0.15) is 0 Å².